The normalized spacial score (nSPS) is 14.0. The first-order valence-corrected chi connectivity index (χ1v) is 13.8. The molecular formula is C30H47NO9. The second kappa shape index (κ2) is 15.0. The van der Waals surface area contributed by atoms with Gasteiger partial charge >= 0.3 is 24.1 Å². The molecular weight excluding hydrogens is 518 g/mol. The van der Waals surface area contributed by atoms with Crippen LogP contribution in [0.1, 0.15) is 100.0 Å². The highest BCUT2D eigenvalue weighted by Crippen LogP contribution is 2.33. The van der Waals surface area contributed by atoms with Crippen molar-refractivity contribution in [2.45, 2.75) is 113 Å². The van der Waals surface area contributed by atoms with Crippen LogP contribution in [0, 0.1) is 10.8 Å². The van der Waals surface area contributed by atoms with Gasteiger partial charge in [-0.2, -0.15) is 0 Å². The molecule has 0 spiro atoms. The molecule has 40 heavy (non-hydrogen) atoms. The van der Waals surface area contributed by atoms with Gasteiger partial charge in [-0.25, -0.2) is 9.59 Å². The van der Waals surface area contributed by atoms with Crippen molar-refractivity contribution in [3.05, 3.63) is 23.8 Å². The number of carbonyl (C=O) groups excluding carboxylic acids is 3. The molecule has 1 unspecified atom stereocenters. The summed E-state index contributed by atoms with van der Waals surface area (Å²) < 4.78 is 21.6. The van der Waals surface area contributed by atoms with Crippen molar-refractivity contribution in [3.63, 3.8) is 0 Å². The van der Waals surface area contributed by atoms with E-state index in [1.807, 2.05) is 55.4 Å². The number of hydrogen-bond acceptors (Lipinski definition) is 9. The smallest absolute Gasteiger partial charge is 0.477 e. The number of nitrogens with one attached hydrogen (secondary N) is 1. The number of unbranched alkanes of at least 4 members (excludes halogenated alkanes) is 1. The summed E-state index contributed by atoms with van der Waals surface area (Å²) >= 11 is 0. The Morgan fingerprint density at radius 1 is 0.900 bits per heavy atom. The minimum absolute atomic E-state index is 0.0240. The number of carboxylic acids is 1. The van der Waals surface area contributed by atoms with Gasteiger partial charge in [-0.1, -0.05) is 67.9 Å². The molecule has 1 rings (SSSR count). The summed E-state index contributed by atoms with van der Waals surface area (Å²) in [6.07, 6.45) is 0.721. The lowest BCUT2D eigenvalue weighted by Gasteiger charge is -2.32. The van der Waals surface area contributed by atoms with E-state index in [-0.39, 0.29) is 54.2 Å². The zero-order valence-electron chi connectivity index (χ0n) is 25.5. The van der Waals surface area contributed by atoms with E-state index in [1.54, 1.807) is 6.92 Å². The van der Waals surface area contributed by atoms with Gasteiger partial charge in [-0.05, 0) is 48.3 Å². The van der Waals surface area contributed by atoms with Crippen LogP contribution in [0.25, 0.3) is 0 Å². The van der Waals surface area contributed by atoms with Gasteiger partial charge < -0.3 is 24.1 Å². The molecule has 0 saturated carbocycles. The molecule has 1 aromatic rings. The Balaban J connectivity index is 3.46. The monoisotopic (exact) mass is 565 g/mol. The van der Waals surface area contributed by atoms with Crippen LogP contribution < -0.4 is 14.8 Å². The third-order valence-corrected chi connectivity index (χ3v) is 5.67. The number of carbonyl (C=O) groups is 4. The number of esters is 2. The summed E-state index contributed by atoms with van der Waals surface area (Å²) in [4.78, 5) is 50.3. The number of ether oxygens (including phenoxy) is 4. The fourth-order valence-corrected chi connectivity index (χ4v) is 3.57. The Morgan fingerprint density at radius 2 is 1.45 bits per heavy atom. The molecule has 0 aliphatic rings. The van der Waals surface area contributed by atoms with Gasteiger partial charge in [0.2, 0.25) is 0 Å². The van der Waals surface area contributed by atoms with E-state index < -0.39 is 29.8 Å². The van der Waals surface area contributed by atoms with Crippen molar-refractivity contribution in [2.24, 2.45) is 10.8 Å². The number of benzene rings is 1. The van der Waals surface area contributed by atoms with Crippen LogP contribution in [0.15, 0.2) is 18.2 Å². The molecule has 1 aromatic carbocycles. The quantitative estimate of drug-likeness (QED) is 0.119. The molecule has 0 saturated heterocycles. The second-order valence-corrected chi connectivity index (χ2v) is 12.5. The lowest BCUT2D eigenvalue weighted by Crippen LogP contribution is -2.59. The van der Waals surface area contributed by atoms with E-state index in [4.69, 9.17) is 18.9 Å². The van der Waals surface area contributed by atoms with E-state index in [0.717, 1.165) is 6.42 Å². The van der Waals surface area contributed by atoms with Crippen molar-refractivity contribution < 1.29 is 43.2 Å². The molecule has 2 N–H and O–H groups in total. The molecule has 0 aliphatic carbocycles. The predicted octanol–water partition coefficient (Wildman–Crippen LogP) is 6.03. The third kappa shape index (κ3) is 12.8. The standard InChI is InChI=1S/C30H47NO9/c1-10-12-15-37-27(36)40-30(26(34)35,31-20(3)11-2)17-21-13-14-22(38-24(32)18-28(4,5)6)23(16-21)39-25(33)19-29(7,8)9/h13-14,16,20,31H,10-12,15,17-19H2,1-9H3,(H,34,35)/t20?,30-/m0/s1. The average Bonchev–Trinajstić information content (AvgIpc) is 2.78. The van der Waals surface area contributed by atoms with Crippen molar-refractivity contribution in [3.8, 4) is 11.5 Å². The van der Waals surface area contributed by atoms with Crippen molar-refractivity contribution in [1.82, 2.24) is 5.32 Å². The van der Waals surface area contributed by atoms with E-state index >= 15 is 0 Å². The van der Waals surface area contributed by atoms with Gasteiger partial charge in [-0.3, -0.25) is 14.9 Å². The summed E-state index contributed by atoms with van der Waals surface area (Å²) in [6, 6.07) is 4.05. The number of rotatable bonds is 14. The van der Waals surface area contributed by atoms with Gasteiger partial charge in [0.25, 0.3) is 5.72 Å². The van der Waals surface area contributed by atoms with Gasteiger partial charge in [0, 0.05) is 12.5 Å². The van der Waals surface area contributed by atoms with Crippen LogP contribution >= 0.6 is 0 Å². The van der Waals surface area contributed by atoms with Crippen LogP contribution in [0.3, 0.4) is 0 Å². The lowest BCUT2D eigenvalue weighted by atomic mass is 9.92. The maximum atomic E-state index is 12.7. The van der Waals surface area contributed by atoms with E-state index in [1.165, 1.54) is 18.2 Å². The molecule has 10 nitrogen and oxygen atoms in total. The Morgan fingerprint density at radius 3 is 1.93 bits per heavy atom. The first kappa shape index (κ1) is 34.9. The van der Waals surface area contributed by atoms with Gasteiger partial charge in [0.05, 0.1) is 19.4 Å². The highest BCUT2D eigenvalue weighted by molar-refractivity contribution is 5.81. The SMILES string of the molecule is CCCCOC(=O)O[C@](Cc1ccc(OC(=O)CC(C)(C)C)c(OC(=O)CC(C)(C)C)c1)(NC(C)CC)C(=O)O. The Hall–Kier alpha value is -3.14. The summed E-state index contributed by atoms with van der Waals surface area (Å²) in [5.41, 5.74) is -2.50. The summed E-state index contributed by atoms with van der Waals surface area (Å²) in [5, 5.41) is 13.1. The molecule has 0 fully saturated rings. The Kier molecular flexibility index (Phi) is 13.1. The number of aliphatic carboxylic acids is 1. The number of carboxylic acid groups (broad SMARTS) is 1. The van der Waals surface area contributed by atoms with Gasteiger partial charge in [0.15, 0.2) is 11.5 Å². The second-order valence-electron chi connectivity index (χ2n) is 12.5. The maximum absolute atomic E-state index is 12.7. The molecule has 10 heteroatoms. The molecule has 0 heterocycles. The van der Waals surface area contributed by atoms with Crippen LogP contribution in [-0.2, 0) is 30.3 Å². The fraction of sp³-hybridized carbons (Fsp3) is 0.667. The zero-order valence-corrected chi connectivity index (χ0v) is 25.5. The van der Waals surface area contributed by atoms with Crippen molar-refractivity contribution >= 4 is 24.1 Å². The lowest BCUT2D eigenvalue weighted by molar-refractivity contribution is -0.167. The minimum Gasteiger partial charge on any atom is -0.477 e. The molecule has 0 aliphatic heterocycles. The first-order valence-electron chi connectivity index (χ1n) is 13.8. The molecule has 226 valence electrons. The van der Waals surface area contributed by atoms with E-state index in [2.05, 4.69) is 5.32 Å². The molecule has 0 aromatic heterocycles. The van der Waals surface area contributed by atoms with Crippen LogP contribution in [0.4, 0.5) is 4.79 Å². The molecule has 2 atom stereocenters. The maximum Gasteiger partial charge on any atom is 0.510 e. The van der Waals surface area contributed by atoms with Crippen LogP contribution in [0.5, 0.6) is 11.5 Å². The van der Waals surface area contributed by atoms with E-state index in [0.29, 0.717) is 18.4 Å². The highest BCUT2D eigenvalue weighted by Gasteiger charge is 2.45. The van der Waals surface area contributed by atoms with Crippen molar-refractivity contribution in [1.29, 1.82) is 0 Å². The van der Waals surface area contributed by atoms with E-state index in [9.17, 15) is 24.3 Å². The topological polar surface area (TPSA) is 137 Å². The Bertz CT molecular complexity index is 1020. The predicted molar refractivity (Wildman–Crippen MR) is 150 cm³/mol. The summed E-state index contributed by atoms with van der Waals surface area (Å²) in [7, 11) is 0. The Labute approximate surface area is 238 Å². The summed E-state index contributed by atoms with van der Waals surface area (Å²) in [6.45, 7) is 17.0. The molecule has 0 amide bonds. The van der Waals surface area contributed by atoms with Crippen molar-refractivity contribution in [2.75, 3.05) is 6.61 Å². The first-order chi connectivity index (χ1) is 18.4. The largest absolute Gasteiger partial charge is 0.510 e. The average molecular weight is 566 g/mol. The van der Waals surface area contributed by atoms with Crippen LogP contribution in [0.2, 0.25) is 0 Å². The number of hydrogen-bond donors (Lipinski definition) is 2. The highest BCUT2D eigenvalue weighted by atomic mass is 16.7. The third-order valence-electron chi connectivity index (χ3n) is 5.67. The zero-order chi connectivity index (χ0) is 30.7. The van der Waals surface area contributed by atoms with Crippen LogP contribution in [-0.4, -0.2) is 47.5 Å². The van der Waals surface area contributed by atoms with Gasteiger partial charge in [-0.15, -0.1) is 0 Å². The molecule has 0 bridgehead atoms. The minimum atomic E-state index is -2.17. The summed E-state index contributed by atoms with van der Waals surface area (Å²) in [5.74, 6) is -2.49. The van der Waals surface area contributed by atoms with Gasteiger partial charge in [0.1, 0.15) is 0 Å². The fourth-order valence-electron chi connectivity index (χ4n) is 3.57. The molecule has 0 radical (unpaired) electrons.